The standard InChI is InChI=1S/C16H26N2/c1-3-13-5-6-15(11-13)16(18-4-2)12-14-7-9-17-10-8-14/h7-10,13,15-16,18H,3-6,11-12H2,1-2H3. The Kier molecular flexibility index (Phi) is 5.18. The SMILES string of the molecule is CCNC(Cc1ccncc1)C1CCC(CC)C1. The first-order valence-electron chi connectivity index (χ1n) is 7.45. The van der Waals surface area contributed by atoms with Gasteiger partial charge in [-0.05, 0) is 55.3 Å². The van der Waals surface area contributed by atoms with Gasteiger partial charge in [0.15, 0.2) is 0 Å². The van der Waals surface area contributed by atoms with Gasteiger partial charge >= 0.3 is 0 Å². The van der Waals surface area contributed by atoms with Gasteiger partial charge < -0.3 is 5.32 Å². The molecule has 3 unspecified atom stereocenters. The first-order valence-corrected chi connectivity index (χ1v) is 7.45. The molecule has 1 aliphatic carbocycles. The highest BCUT2D eigenvalue weighted by Crippen LogP contribution is 2.35. The molecule has 2 nitrogen and oxygen atoms in total. The topological polar surface area (TPSA) is 24.9 Å². The van der Waals surface area contributed by atoms with Crippen LogP contribution < -0.4 is 5.32 Å². The van der Waals surface area contributed by atoms with E-state index in [2.05, 4.69) is 36.3 Å². The zero-order valence-electron chi connectivity index (χ0n) is 11.7. The molecule has 0 bridgehead atoms. The van der Waals surface area contributed by atoms with E-state index in [1.807, 2.05) is 12.4 Å². The number of aromatic nitrogens is 1. The summed E-state index contributed by atoms with van der Waals surface area (Å²) >= 11 is 0. The van der Waals surface area contributed by atoms with Crippen molar-refractivity contribution < 1.29 is 0 Å². The summed E-state index contributed by atoms with van der Waals surface area (Å²) in [6.07, 6.45) is 10.6. The summed E-state index contributed by atoms with van der Waals surface area (Å²) in [5.74, 6) is 1.83. The number of hydrogen-bond donors (Lipinski definition) is 1. The Balaban J connectivity index is 1.96. The lowest BCUT2D eigenvalue weighted by Crippen LogP contribution is -2.37. The van der Waals surface area contributed by atoms with E-state index < -0.39 is 0 Å². The normalized spacial score (nSPS) is 25.2. The molecule has 3 atom stereocenters. The van der Waals surface area contributed by atoms with E-state index in [9.17, 15) is 0 Å². The molecule has 1 aliphatic rings. The molecule has 0 aromatic carbocycles. The fourth-order valence-electron chi connectivity index (χ4n) is 3.29. The molecule has 100 valence electrons. The van der Waals surface area contributed by atoms with Crippen LogP contribution in [0.2, 0.25) is 0 Å². The molecule has 0 aliphatic heterocycles. The Morgan fingerprint density at radius 1 is 1.28 bits per heavy atom. The lowest BCUT2D eigenvalue weighted by atomic mass is 9.91. The number of rotatable bonds is 6. The van der Waals surface area contributed by atoms with E-state index in [4.69, 9.17) is 0 Å². The van der Waals surface area contributed by atoms with E-state index in [1.54, 1.807) is 0 Å². The third-order valence-electron chi connectivity index (χ3n) is 4.40. The van der Waals surface area contributed by atoms with Crippen LogP contribution in [-0.2, 0) is 6.42 Å². The van der Waals surface area contributed by atoms with Crippen molar-refractivity contribution in [3.05, 3.63) is 30.1 Å². The fourth-order valence-corrected chi connectivity index (χ4v) is 3.29. The van der Waals surface area contributed by atoms with E-state index in [-0.39, 0.29) is 0 Å². The summed E-state index contributed by atoms with van der Waals surface area (Å²) in [6, 6.07) is 4.95. The first kappa shape index (κ1) is 13.5. The predicted octanol–water partition coefficient (Wildman–Crippen LogP) is 3.43. The maximum Gasteiger partial charge on any atom is 0.0270 e. The number of pyridine rings is 1. The van der Waals surface area contributed by atoms with Crippen molar-refractivity contribution in [3.63, 3.8) is 0 Å². The molecular formula is C16H26N2. The fraction of sp³-hybridized carbons (Fsp3) is 0.688. The van der Waals surface area contributed by atoms with Crippen molar-refractivity contribution in [2.24, 2.45) is 11.8 Å². The number of likely N-dealkylation sites (N-methyl/N-ethyl adjacent to an activating group) is 1. The van der Waals surface area contributed by atoms with Gasteiger partial charge in [0.2, 0.25) is 0 Å². The van der Waals surface area contributed by atoms with Gasteiger partial charge in [-0.2, -0.15) is 0 Å². The highest BCUT2D eigenvalue weighted by Gasteiger charge is 2.29. The zero-order valence-corrected chi connectivity index (χ0v) is 11.7. The second kappa shape index (κ2) is 6.89. The van der Waals surface area contributed by atoms with Crippen molar-refractivity contribution in [3.8, 4) is 0 Å². The highest BCUT2D eigenvalue weighted by molar-refractivity contribution is 5.12. The maximum atomic E-state index is 4.10. The molecule has 1 aromatic rings. The minimum absolute atomic E-state index is 0.647. The van der Waals surface area contributed by atoms with Gasteiger partial charge in [-0.15, -0.1) is 0 Å². The lowest BCUT2D eigenvalue weighted by molar-refractivity contribution is 0.349. The van der Waals surface area contributed by atoms with E-state index >= 15 is 0 Å². The minimum atomic E-state index is 0.647. The van der Waals surface area contributed by atoms with Gasteiger partial charge in [-0.3, -0.25) is 4.98 Å². The molecule has 2 heteroatoms. The monoisotopic (exact) mass is 246 g/mol. The molecule has 0 spiro atoms. The van der Waals surface area contributed by atoms with Crippen LogP contribution in [0.4, 0.5) is 0 Å². The van der Waals surface area contributed by atoms with Crippen LogP contribution in [0.5, 0.6) is 0 Å². The Morgan fingerprint density at radius 3 is 2.67 bits per heavy atom. The summed E-state index contributed by atoms with van der Waals surface area (Å²) in [4.78, 5) is 4.10. The molecule has 1 N–H and O–H groups in total. The van der Waals surface area contributed by atoms with Gasteiger partial charge in [0.25, 0.3) is 0 Å². The minimum Gasteiger partial charge on any atom is -0.314 e. The number of hydrogen-bond acceptors (Lipinski definition) is 2. The zero-order chi connectivity index (χ0) is 12.8. The van der Waals surface area contributed by atoms with Crippen molar-refractivity contribution in [1.29, 1.82) is 0 Å². The third-order valence-corrected chi connectivity index (χ3v) is 4.40. The van der Waals surface area contributed by atoms with Gasteiger partial charge in [0.1, 0.15) is 0 Å². The van der Waals surface area contributed by atoms with Crippen molar-refractivity contribution in [1.82, 2.24) is 10.3 Å². The second-order valence-corrected chi connectivity index (χ2v) is 5.57. The quantitative estimate of drug-likeness (QED) is 0.832. The number of nitrogens with one attached hydrogen (secondary N) is 1. The first-order chi connectivity index (χ1) is 8.83. The van der Waals surface area contributed by atoms with E-state index in [0.29, 0.717) is 6.04 Å². The Bertz CT molecular complexity index is 336. The van der Waals surface area contributed by atoms with Crippen LogP contribution in [0, 0.1) is 11.8 Å². The van der Waals surface area contributed by atoms with Gasteiger partial charge in [0, 0.05) is 18.4 Å². The molecule has 0 saturated heterocycles. The summed E-state index contributed by atoms with van der Waals surface area (Å²) in [7, 11) is 0. The lowest BCUT2D eigenvalue weighted by Gasteiger charge is -2.25. The van der Waals surface area contributed by atoms with Crippen LogP contribution in [-0.4, -0.2) is 17.6 Å². The average Bonchev–Trinajstić information content (AvgIpc) is 2.88. The van der Waals surface area contributed by atoms with Crippen molar-refractivity contribution in [2.45, 2.75) is 52.0 Å². The summed E-state index contributed by atoms with van der Waals surface area (Å²) in [5, 5.41) is 3.70. The van der Waals surface area contributed by atoms with Crippen LogP contribution in [0.25, 0.3) is 0 Å². The van der Waals surface area contributed by atoms with Crippen molar-refractivity contribution in [2.75, 3.05) is 6.54 Å². The Hall–Kier alpha value is -0.890. The second-order valence-electron chi connectivity index (χ2n) is 5.57. The van der Waals surface area contributed by atoms with E-state index in [1.165, 1.54) is 31.2 Å². The molecule has 1 heterocycles. The molecule has 0 amide bonds. The average molecular weight is 246 g/mol. The Labute approximate surface area is 111 Å². The van der Waals surface area contributed by atoms with Gasteiger partial charge in [-0.1, -0.05) is 26.7 Å². The van der Waals surface area contributed by atoms with Gasteiger partial charge in [-0.25, -0.2) is 0 Å². The molecule has 1 fully saturated rings. The molecule has 2 rings (SSSR count). The summed E-state index contributed by atoms with van der Waals surface area (Å²) < 4.78 is 0. The largest absolute Gasteiger partial charge is 0.314 e. The molecule has 1 aromatic heterocycles. The maximum absolute atomic E-state index is 4.10. The van der Waals surface area contributed by atoms with E-state index in [0.717, 1.165) is 24.8 Å². The number of nitrogens with zero attached hydrogens (tertiary/aromatic N) is 1. The van der Waals surface area contributed by atoms with Crippen LogP contribution in [0.15, 0.2) is 24.5 Å². The van der Waals surface area contributed by atoms with Crippen LogP contribution in [0.3, 0.4) is 0 Å². The molecule has 18 heavy (non-hydrogen) atoms. The summed E-state index contributed by atoms with van der Waals surface area (Å²) in [5.41, 5.74) is 1.41. The van der Waals surface area contributed by atoms with Crippen molar-refractivity contribution >= 4 is 0 Å². The Morgan fingerprint density at radius 2 is 2.06 bits per heavy atom. The van der Waals surface area contributed by atoms with Gasteiger partial charge in [0.05, 0.1) is 0 Å². The highest BCUT2D eigenvalue weighted by atomic mass is 14.9. The van der Waals surface area contributed by atoms with Crippen LogP contribution >= 0.6 is 0 Å². The molecule has 0 radical (unpaired) electrons. The predicted molar refractivity (Wildman–Crippen MR) is 76.5 cm³/mol. The summed E-state index contributed by atoms with van der Waals surface area (Å²) in [6.45, 7) is 5.62. The smallest absolute Gasteiger partial charge is 0.0270 e. The molecular weight excluding hydrogens is 220 g/mol. The third kappa shape index (κ3) is 3.55. The molecule has 1 saturated carbocycles. The van der Waals surface area contributed by atoms with Crippen LogP contribution in [0.1, 0.15) is 45.1 Å².